The third-order valence-electron chi connectivity index (χ3n) is 6.18. The lowest BCUT2D eigenvalue weighted by molar-refractivity contribution is -0.159. The molecule has 0 aliphatic heterocycles. The van der Waals surface area contributed by atoms with E-state index in [4.69, 9.17) is 21.1 Å². The number of carbonyl (C=O) groups excluding carboxylic acids is 1. The Balaban J connectivity index is 2.82. The van der Waals surface area contributed by atoms with Crippen LogP contribution in [0.5, 0.6) is 5.75 Å². The van der Waals surface area contributed by atoms with Gasteiger partial charge in [0.2, 0.25) is 0 Å². The molecule has 2 rings (SSSR count). The molecule has 0 fully saturated rings. The van der Waals surface area contributed by atoms with Crippen molar-refractivity contribution in [1.29, 1.82) is 5.26 Å². The monoisotopic (exact) mass is 462 g/mol. The molecule has 0 aliphatic carbocycles. The highest BCUT2D eigenvalue weighted by Gasteiger charge is 2.46. The lowest BCUT2D eigenvalue weighted by Crippen LogP contribution is -2.48. The van der Waals surface area contributed by atoms with Crippen molar-refractivity contribution in [1.82, 2.24) is 4.57 Å². The number of nitrogens with zero attached hydrogens (tertiary/aromatic N) is 2. The average molecular weight is 462 g/mol. The summed E-state index contributed by atoms with van der Waals surface area (Å²) in [4.78, 5) is 26.9. The molecule has 6 nitrogen and oxygen atoms in total. The van der Waals surface area contributed by atoms with Gasteiger partial charge < -0.3 is 9.47 Å². The summed E-state index contributed by atoms with van der Waals surface area (Å²) in [5.41, 5.74) is 0.125. The Morgan fingerprint density at radius 2 is 1.73 bits per heavy atom. The molecule has 0 bridgehead atoms. The van der Waals surface area contributed by atoms with Crippen LogP contribution in [0.25, 0.3) is 11.1 Å². The van der Waals surface area contributed by atoms with Crippen molar-refractivity contribution in [2.24, 2.45) is 0 Å². The third kappa shape index (κ3) is 5.73. The Morgan fingerprint density at radius 3 is 2.21 bits per heavy atom. The molecule has 1 aromatic carbocycles. The Hall–Kier alpha value is -2.46. The number of pyridine rings is 1. The van der Waals surface area contributed by atoms with Crippen molar-refractivity contribution in [3.8, 4) is 22.9 Å². The van der Waals surface area contributed by atoms with Gasteiger partial charge in [0.15, 0.2) is 0 Å². The lowest BCUT2D eigenvalue weighted by atomic mass is 9.21. The van der Waals surface area contributed by atoms with Crippen LogP contribution in [0, 0.1) is 11.3 Å². The number of halogens is 1. The summed E-state index contributed by atoms with van der Waals surface area (Å²) in [6.45, 7) is 5.38. The van der Waals surface area contributed by atoms with Crippen LogP contribution in [-0.4, -0.2) is 62.5 Å². The number of methoxy groups -OCH3 is 1. The van der Waals surface area contributed by atoms with E-state index in [0.29, 0.717) is 27.5 Å². The molecule has 0 radical (unpaired) electrons. The molecule has 1 aromatic heterocycles. The van der Waals surface area contributed by atoms with Crippen molar-refractivity contribution < 1.29 is 14.3 Å². The van der Waals surface area contributed by atoms with Crippen LogP contribution in [0.2, 0.25) is 15.3 Å². The van der Waals surface area contributed by atoms with Gasteiger partial charge in [-0.15, -0.1) is 5.11 Å². The second-order valence-corrected chi connectivity index (χ2v) is 11.1. The van der Waals surface area contributed by atoms with Gasteiger partial charge in [-0.25, -0.2) is 4.79 Å². The number of hydrogen-bond acceptors (Lipinski definition) is 5. The predicted octanol–water partition coefficient (Wildman–Crippen LogP) is -0.713. The summed E-state index contributed by atoms with van der Waals surface area (Å²) in [6.07, 6.45) is 1.52. The fraction of sp³-hybridized carbons (Fsp3) is 0.381. The van der Waals surface area contributed by atoms with Gasteiger partial charge in [-0.1, -0.05) is 16.8 Å². The molecular weight excluding hydrogens is 434 g/mol. The Labute approximate surface area is 205 Å². The van der Waals surface area contributed by atoms with Crippen molar-refractivity contribution in [3.05, 3.63) is 51.4 Å². The van der Waals surface area contributed by atoms with Crippen molar-refractivity contribution in [3.63, 3.8) is 0 Å². The van der Waals surface area contributed by atoms with Gasteiger partial charge in [0.05, 0.1) is 48.5 Å². The zero-order chi connectivity index (χ0) is 25.4. The maximum atomic E-state index is 13.4. The Bertz CT molecular complexity index is 1160. The number of ether oxygens (including phenoxy) is 2. The second kappa shape index (κ2) is 9.42. The van der Waals surface area contributed by atoms with E-state index in [1.165, 1.54) is 23.9 Å². The molecule has 0 N–H and O–H groups in total. The maximum absolute atomic E-state index is 13.4. The van der Waals surface area contributed by atoms with Gasteiger partial charge in [-0.05, 0) is 39.0 Å². The largest absolute Gasteiger partial charge is 0.495 e. The fourth-order valence-corrected chi connectivity index (χ4v) is 3.64. The van der Waals surface area contributed by atoms with E-state index < -0.39 is 28.4 Å². The molecule has 2 aromatic rings. The van der Waals surface area contributed by atoms with Gasteiger partial charge in [0, 0.05) is 22.2 Å². The van der Waals surface area contributed by atoms with E-state index in [1.807, 2.05) is 39.2 Å². The van der Waals surface area contributed by atoms with Crippen LogP contribution in [0.15, 0.2) is 35.3 Å². The molecule has 0 saturated carbocycles. The first-order valence-electron chi connectivity index (χ1n) is 10.8. The zero-order valence-electron chi connectivity index (χ0n) is 20.9. The smallest absolute Gasteiger partial charge is 0.328 e. The molecule has 0 spiro atoms. The van der Waals surface area contributed by atoms with E-state index in [1.54, 1.807) is 39.0 Å². The lowest BCUT2D eigenvalue weighted by Gasteiger charge is -2.45. The van der Waals surface area contributed by atoms with Crippen LogP contribution in [0.3, 0.4) is 0 Å². The quantitative estimate of drug-likeness (QED) is 0.419. The standard InChI is InChI=1S/C21H28B5ClN2O4/c1-19(2,3)33-18(31)17(20(22,23)21(24,25)26)29-10-15(32-4)14(8-16(29)30)13-7-12(27)6-5-11(13)9-28/h5-8,10,17H,22-26H2,1-4H3. The van der Waals surface area contributed by atoms with E-state index in [0.717, 1.165) is 0 Å². The summed E-state index contributed by atoms with van der Waals surface area (Å²) in [7, 11) is 11.4. The van der Waals surface area contributed by atoms with E-state index in [-0.39, 0.29) is 5.11 Å². The average Bonchev–Trinajstić information content (AvgIpc) is 2.66. The minimum atomic E-state index is -0.915. The van der Waals surface area contributed by atoms with Crippen LogP contribution in [0.1, 0.15) is 32.4 Å². The first-order chi connectivity index (χ1) is 15.0. The maximum Gasteiger partial charge on any atom is 0.328 e. The molecule has 33 heavy (non-hydrogen) atoms. The van der Waals surface area contributed by atoms with Crippen molar-refractivity contribution in [2.45, 2.75) is 42.7 Å². The van der Waals surface area contributed by atoms with Gasteiger partial charge in [0.1, 0.15) is 33.1 Å². The highest BCUT2D eigenvalue weighted by atomic mass is 35.5. The molecule has 1 heterocycles. The number of hydrogen-bond donors (Lipinski definition) is 0. The van der Waals surface area contributed by atoms with Gasteiger partial charge in [-0.3, -0.25) is 9.36 Å². The fourth-order valence-electron chi connectivity index (χ4n) is 3.46. The highest BCUT2D eigenvalue weighted by molar-refractivity contribution is 6.67. The second-order valence-electron chi connectivity index (χ2n) is 10.7. The molecule has 0 aliphatic rings. The molecule has 1 unspecified atom stereocenters. The minimum absolute atomic E-state index is 0.339. The summed E-state index contributed by atoms with van der Waals surface area (Å²) in [5, 5.41) is 8.96. The molecule has 168 valence electrons. The topological polar surface area (TPSA) is 81.3 Å². The first kappa shape index (κ1) is 26.8. The van der Waals surface area contributed by atoms with E-state index in [2.05, 4.69) is 6.07 Å². The number of benzene rings is 1. The minimum Gasteiger partial charge on any atom is -0.495 e. The number of rotatable bonds is 6. The highest BCUT2D eigenvalue weighted by Crippen LogP contribution is 2.48. The molecule has 12 heteroatoms. The Morgan fingerprint density at radius 1 is 1.12 bits per heavy atom. The zero-order valence-corrected chi connectivity index (χ0v) is 21.6. The van der Waals surface area contributed by atoms with Crippen LogP contribution in [-0.2, 0) is 9.53 Å². The molecule has 1 atom stereocenters. The molecular formula is C21H28B5ClN2O4. The summed E-state index contributed by atoms with van der Waals surface area (Å²) >= 11 is 6.16. The number of esters is 1. The number of aromatic nitrogens is 1. The van der Waals surface area contributed by atoms with Crippen LogP contribution >= 0.6 is 11.6 Å². The summed E-state index contributed by atoms with van der Waals surface area (Å²) < 4.78 is 12.7. The normalized spacial score (nSPS) is 13.1. The SMILES string of the molecule is BC(B)(B)C(B)(B)C(C(=O)OC(C)(C)C)n1cc(OC)c(-c2cc(Cl)ccc2C#N)cc1=O. The van der Waals surface area contributed by atoms with Gasteiger partial charge >= 0.3 is 5.97 Å². The first-order valence-corrected chi connectivity index (χ1v) is 11.1. The van der Waals surface area contributed by atoms with Gasteiger partial charge in [-0.2, -0.15) is 5.26 Å². The molecule has 0 saturated heterocycles. The van der Waals surface area contributed by atoms with Crippen LogP contribution < -0.4 is 10.3 Å². The number of nitriles is 1. The van der Waals surface area contributed by atoms with E-state index >= 15 is 0 Å². The van der Waals surface area contributed by atoms with E-state index in [9.17, 15) is 14.9 Å². The van der Waals surface area contributed by atoms with Crippen molar-refractivity contribution in [2.75, 3.05) is 7.11 Å². The third-order valence-corrected chi connectivity index (χ3v) is 6.42. The predicted molar refractivity (Wildman–Crippen MR) is 145 cm³/mol. The summed E-state index contributed by atoms with van der Waals surface area (Å²) in [6, 6.07) is 7.40. The summed E-state index contributed by atoms with van der Waals surface area (Å²) in [5.74, 6) is -0.161. The molecule has 0 amide bonds. The van der Waals surface area contributed by atoms with Gasteiger partial charge in [0.25, 0.3) is 5.56 Å². The number of carbonyl (C=O) groups is 1. The Kier molecular flexibility index (Phi) is 7.65. The van der Waals surface area contributed by atoms with Crippen molar-refractivity contribution >= 4 is 56.8 Å². The van der Waals surface area contributed by atoms with Crippen LogP contribution in [0.4, 0.5) is 0 Å².